The molecule has 3 N–H and O–H groups in total. The molecule has 0 spiro atoms. The van der Waals surface area contributed by atoms with E-state index in [0.717, 1.165) is 49.0 Å². The molecule has 2 heterocycles. The molecule has 1 aliphatic heterocycles. The van der Waals surface area contributed by atoms with Crippen LogP contribution in [0.3, 0.4) is 0 Å². The lowest BCUT2D eigenvalue weighted by molar-refractivity contribution is -0.127. The Hall–Kier alpha value is -1.44. The van der Waals surface area contributed by atoms with Crippen LogP contribution in [-0.2, 0) is 22.6 Å². The lowest BCUT2D eigenvalue weighted by atomic mass is 9.75. The Labute approximate surface area is 187 Å². The van der Waals surface area contributed by atoms with E-state index in [2.05, 4.69) is 10.6 Å². The smallest absolute Gasteiger partial charge is 0.254 e. The van der Waals surface area contributed by atoms with E-state index in [-0.39, 0.29) is 23.3 Å². The zero-order valence-corrected chi connectivity index (χ0v) is 18.8. The number of rotatable bonds is 4. The fourth-order valence-corrected chi connectivity index (χ4v) is 8.65. The van der Waals surface area contributed by atoms with Crippen molar-refractivity contribution in [2.24, 2.45) is 23.2 Å². The number of carbonyl (C=O) groups excluding carboxylic acids is 2. The van der Waals surface area contributed by atoms with E-state index in [1.807, 2.05) is 0 Å². The number of ether oxygens (including phenoxy) is 1. The van der Waals surface area contributed by atoms with Gasteiger partial charge in [0.2, 0.25) is 5.91 Å². The number of anilines is 1. The van der Waals surface area contributed by atoms with Crippen molar-refractivity contribution < 1.29 is 19.4 Å². The molecule has 168 valence electrons. The van der Waals surface area contributed by atoms with Crippen molar-refractivity contribution in [1.82, 2.24) is 5.32 Å². The Morgan fingerprint density at radius 3 is 2.65 bits per heavy atom. The van der Waals surface area contributed by atoms with Crippen LogP contribution in [0.5, 0.6) is 0 Å². The van der Waals surface area contributed by atoms with Crippen LogP contribution in [0.15, 0.2) is 0 Å². The summed E-state index contributed by atoms with van der Waals surface area (Å²) in [4.78, 5) is 28.0. The Kier molecular flexibility index (Phi) is 4.92. The van der Waals surface area contributed by atoms with Gasteiger partial charge in [-0.05, 0) is 74.7 Å². The van der Waals surface area contributed by atoms with E-state index in [1.165, 1.54) is 30.6 Å². The average molecular weight is 445 g/mol. The fraction of sp³-hybridized carbons (Fsp3) is 0.750. The molecule has 1 aromatic heterocycles. The topological polar surface area (TPSA) is 87.7 Å². The van der Waals surface area contributed by atoms with Gasteiger partial charge in [0.1, 0.15) is 5.00 Å². The average Bonchev–Trinajstić information content (AvgIpc) is 3.33. The summed E-state index contributed by atoms with van der Waals surface area (Å²) in [5.41, 5.74) is 1.41. The molecule has 7 heteroatoms. The molecule has 6 nitrogen and oxygen atoms in total. The molecule has 1 aromatic rings. The van der Waals surface area contributed by atoms with Gasteiger partial charge in [-0.25, -0.2) is 0 Å². The first-order valence-electron chi connectivity index (χ1n) is 12.1. The van der Waals surface area contributed by atoms with Gasteiger partial charge in [-0.3, -0.25) is 9.59 Å². The highest BCUT2D eigenvalue weighted by atomic mass is 32.1. The van der Waals surface area contributed by atoms with Gasteiger partial charge >= 0.3 is 0 Å². The summed E-state index contributed by atoms with van der Waals surface area (Å²) >= 11 is 1.50. The molecule has 31 heavy (non-hydrogen) atoms. The van der Waals surface area contributed by atoms with Gasteiger partial charge in [0.15, 0.2) is 0 Å². The van der Waals surface area contributed by atoms with Gasteiger partial charge in [0.05, 0.1) is 36.3 Å². The van der Waals surface area contributed by atoms with Crippen molar-refractivity contribution in [2.75, 3.05) is 11.9 Å². The largest absolute Gasteiger partial charge is 0.391 e. The molecule has 5 saturated carbocycles. The number of carbonyl (C=O) groups is 2. The van der Waals surface area contributed by atoms with Crippen LogP contribution in [-0.4, -0.2) is 35.7 Å². The molecule has 7 rings (SSSR count). The second kappa shape index (κ2) is 7.56. The number of nitrogens with one attached hydrogen (secondary N) is 2. The number of aliphatic hydroxyl groups is 1. The molecule has 2 amide bonds. The summed E-state index contributed by atoms with van der Waals surface area (Å²) in [7, 11) is 0. The maximum atomic E-state index is 13.6. The van der Waals surface area contributed by atoms with Crippen LogP contribution in [0, 0.1) is 23.2 Å². The van der Waals surface area contributed by atoms with Crippen molar-refractivity contribution in [3.05, 3.63) is 16.0 Å². The summed E-state index contributed by atoms with van der Waals surface area (Å²) in [5, 5.41) is 17.4. The van der Waals surface area contributed by atoms with Crippen molar-refractivity contribution in [3.63, 3.8) is 0 Å². The van der Waals surface area contributed by atoms with E-state index < -0.39 is 6.10 Å². The third kappa shape index (κ3) is 3.26. The van der Waals surface area contributed by atoms with Gasteiger partial charge in [-0.1, -0.05) is 12.8 Å². The van der Waals surface area contributed by atoms with Gasteiger partial charge in [0.25, 0.3) is 5.91 Å². The standard InChI is InChI=1S/C24H32N2O4S/c27-18-4-2-1-3-17(18)25-21(28)20-16-5-6-30-12-19(16)31-22(20)26-23(29)24-10-13-7-14(11-24)9-15(24)8-13/h13-15,17-18,27H,1-12H2,(H,25,28)(H,26,29)/t13?,14?,15?,17-,18-,24?/m1/s1. The fourth-order valence-electron chi connectivity index (χ4n) is 7.48. The zero-order chi connectivity index (χ0) is 21.2. The van der Waals surface area contributed by atoms with Crippen molar-refractivity contribution in [1.29, 1.82) is 0 Å². The van der Waals surface area contributed by atoms with Gasteiger partial charge < -0.3 is 20.5 Å². The minimum atomic E-state index is -0.489. The number of thiophene rings is 1. The molecular formula is C24H32N2O4S. The SMILES string of the molecule is O=C(N[C@@H]1CCCC[C@H]1O)c1c(NC(=O)C23CC4CC(CC2C4)C3)sc2c1CCOC2. The summed E-state index contributed by atoms with van der Waals surface area (Å²) < 4.78 is 5.63. The second-order valence-electron chi connectivity index (χ2n) is 10.6. The van der Waals surface area contributed by atoms with Crippen molar-refractivity contribution in [3.8, 4) is 0 Å². The molecule has 2 unspecified atom stereocenters. The van der Waals surface area contributed by atoms with Crippen LogP contribution >= 0.6 is 11.3 Å². The normalized spacial score (nSPS) is 38.2. The van der Waals surface area contributed by atoms with E-state index in [4.69, 9.17) is 4.74 Å². The summed E-state index contributed by atoms with van der Waals surface area (Å²) in [6.45, 7) is 1.10. The number of hydrogen-bond donors (Lipinski definition) is 3. The number of fused-ring (bicyclic) bond motifs is 1. The van der Waals surface area contributed by atoms with Gasteiger partial charge in [-0.15, -0.1) is 11.3 Å². The summed E-state index contributed by atoms with van der Waals surface area (Å²) in [6.07, 6.45) is 9.50. The summed E-state index contributed by atoms with van der Waals surface area (Å²) in [5.74, 6) is 1.92. The number of hydrogen-bond acceptors (Lipinski definition) is 5. The van der Waals surface area contributed by atoms with Crippen molar-refractivity contribution >= 4 is 28.2 Å². The predicted octanol–water partition coefficient (Wildman–Crippen LogP) is 3.62. The van der Waals surface area contributed by atoms with Gasteiger partial charge in [-0.2, -0.15) is 0 Å². The highest BCUT2D eigenvalue weighted by Gasteiger charge is 2.61. The molecule has 5 fully saturated rings. The monoisotopic (exact) mass is 444 g/mol. The van der Waals surface area contributed by atoms with E-state index in [1.54, 1.807) is 0 Å². The third-order valence-corrected chi connectivity index (χ3v) is 9.88. The summed E-state index contributed by atoms with van der Waals surface area (Å²) in [6, 6.07) is -0.208. The van der Waals surface area contributed by atoms with E-state index in [9.17, 15) is 14.7 Å². The van der Waals surface area contributed by atoms with Crippen molar-refractivity contribution in [2.45, 2.75) is 83.0 Å². The number of aliphatic hydroxyl groups excluding tert-OH is 1. The third-order valence-electron chi connectivity index (χ3n) is 8.76. The maximum Gasteiger partial charge on any atom is 0.254 e. The van der Waals surface area contributed by atoms with Crippen LogP contribution < -0.4 is 10.6 Å². The lowest BCUT2D eigenvalue weighted by Crippen LogP contribution is -2.45. The van der Waals surface area contributed by atoms with Crippen LogP contribution in [0.25, 0.3) is 0 Å². The Balaban J connectivity index is 1.28. The minimum Gasteiger partial charge on any atom is -0.391 e. The lowest BCUT2D eigenvalue weighted by Gasteiger charge is -2.31. The van der Waals surface area contributed by atoms with Crippen LogP contribution in [0.4, 0.5) is 5.00 Å². The van der Waals surface area contributed by atoms with E-state index in [0.29, 0.717) is 48.0 Å². The molecule has 0 saturated heterocycles. The first kappa shape index (κ1) is 20.2. The molecule has 4 bridgehead atoms. The Bertz CT molecular complexity index is 898. The quantitative estimate of drug-likeness (QED) is 0.662. The molecule has 5 aliphatic carbocycles. The Morgan fingerprint density at radius 1 is 1.10 bits per heavy atom. The number of amides is 2. The molecule has 4 atom stereocenters. The van der Waals surface area contributed by atoms with Crippen LogP contribution in [0.2, 0.25) is 0 Å². The van der Waals surface area contributed by atoms with E-state index >= 15 is 0 Å². The van der Waals surface area contributed by atoms with Crippen LogP contribution in [0.1, 0.15) is 78.6 Å². The predicted molar refractivity (Wildman–Crippen MR) is 118 cm³/mol. The Morgan fingerprint density at radius 2 is 1.87 bits per heavy atom. The second-order valence-corrected chi connectivity index (χ2v) is 11.7. The highest BCUT2D eigenvalue weighted by Crippen LogP contribution is 2.65. The molecule has 6 aliphatic rings. The van der Waals surface area contributed by atoms with Gasteiger partial charge in [0, 0.05) is 4.88 Å². The molecular weight excluding hydrogens is 412 g/mol. The first-order chi connectivity index (χ1) is 15.0. The molecule has 0 radical (unpaired) electrons. The first-order valence-corrected chi connectivity index (χ1v) is 12.9. The zero-order valence-electron chi connectivity index (χ0n) is 18.0. The minimum absolute atomic E-state index is 0.133. The molecule has 0 aromatic carbocycles. The highest BCUT2D eigenvalue weighted by molar-refractivity contribution is 7.17. The maximum absolute atomic E-state index is 13.6.